The van der Waals surface area contributed by atoms with Crippen LogP contribution in [0.4, 0.5) is 0 Å². The molecule has 2 amide bonds. The van der Waals surface area contributed by atoms with Gasteiger partial charge in [-0.15, -0.1) is 0 Å². The van der Waals surface area contributed by atoms with Crippen molar-refractivity contribution in [3.63, 3.8) is 0 Å². The SMILES string of the molecule is O=C1NCCc2c([nH]c3ccccc23)CCCCCCc2[nH]c3ccccc3c2CCNC1=O. The van der Waals surface area contributed by atoms with Gasteiger partial charge in [-0.1, -0.05) is 49.2 Å². The van der Waals surface area contributed by atoms with Gasteiger partial charge in [0.2, 0.25) is 0 Å². The van der Waals surface area contributed by atoms with E-state index in [0.29, 0.717) is 25.9 Å². The lowest BCUT2D eigenvalue weighted by molar-refractivity contribution is -0.139. The number of para-hydroxylation sites is 2. The first-order valence-electron chi connectivity index (χ1n) is 12.4. The van der Waals surface area contributed by atoms with Gasteiger partial charge in [0, 0.05) is 46.3 Å². The highest BCUT2D eigenvalue weighted by Crippen LogP contribution is 2.26. The van der Waals surface area contributed by atoms with Crippen molar-refractivity contribution in [3.05, 3.63) is 71.0 Å². The van der Waals surface area contributed by atoms with Crippen molar-refractivity contribution in [2.45, 2.75) is 51.4 Å². The molecule has 4 aromatic rings. The minimum Gasteiger partial charge on any atom is -0.358 e. The average molecular weight is 457 g/mol. The van der Waals surface area contributed by atoms with Crippen LogP contribution < -0.4 is 10.6 Å². The summed E-state index contributed by atoms with van der Waals surface area (Å²) in [5.74, 6) is -1.14. The van der Waals surface area contributed by atoms with Crippen LogP contribution in [-0.2, 0) is 35.3 Å². The number of aryl methyl sites for hydroxylation is 2. The second-order valence-corrected chi connectivity index (χ2v) is 9.18. The molecule has 2 aromatic heterocycles. The number of H-pyrrole nitrogens is 2. The molecule has 1 aliphatic rings. The van der Waals surface area contributed by atoms with Gasteiger partial charge in [-0.3, -0.25) is 9.59 Å². The van der Waals surface area contributed by atoms with Crippen molar-refractivity contribution in [2.24, 2.45) is 0 Å². The molecule has 6 heteroatoms. The molecule has 0 saturated carbocycles. The van der Waals surface area contributed by atoms with Crippen LogP contribution in [0.5, 0.6) is 0 Å². The summed E-state index contributed by atoms with van der Waals surface area (Å²) in [5, 5.41) is 8.02. The Morgan fingerprint density at radius 3 is 1.44 bits per heavy atom. The first-order valence-corrected chi connectivity index (χ1v) is 12.4. The number of benzene rings is 2. The van der Waals surface area contributed by atoms with Crippen LogP contribution in [0.25, 0.3) is 21.8 Å². The van der Waals surface area contributed by atoms with E-state index in [2.05, 4.69) is 44.9 Å². The predicted molar refractivity (Wildman–Crippen MR) is 136 cm³/mol. The lowest BCUT2D eigenvalue weighted by Gasteiger charge is -2.10. The zero-order valence-electron chi connectivity index (χ0n) is 19.5. The van der Waals surface area contributed by atoms with E-state index in [-0.39, 0.29) is 0 Å². The number of rotatable bonds is 0. The van der Waals surface area contributed by atoms with Crippen LogP contribution in [0.3, 0.4) is 0 Å². The average Bonchev–Trinajstić information content (AvgIpc) is 3.38. The van der Waals surface area contributed by atoms with Crippen LogP contribution in [0.15, 0.2) is 48.5 Å². The van der Waals surface area contributed by atoms with Gasteiger partial charge in [-0.05, 0) is 61.8 Å². The maximum atomic E-state index is 12.4. The lowest BCUT2D eigenvalue weighted by Crippen LogP contribution is -2.41. The summed E-state index contributed by atoms with van der Waals surface area (Å²) in [6.07, 6.45) is 8.05. The standard InChI is InChI=1S/C28H32N4O2/c33-27-28(34)30-18-16-22-20-10-6-8-14-24(20)32-26(22)12-4-2-1-3-11-25-21(15-17-29-27)19-9-5-7-13-23(19)31-25/h5-10,13-14,31-32H,1-4,11-12,15-18H2,(H,29,33)(H,30,34). The van der Waals surface area contributed by atoms with Crippen molar-refractivity contribution in [2.75, 3.05) is 13.1 Å². The number of carbonyl (C=O) groups is 2. The minimum absolute atomic E-state index is 0.438. The van der Waals surface area contributed by atoms with Crippen LogP contribution in [0.2, 0.25) is 0 Å². The molecule has 5 rings (SSSR count). The van der Waals surface area contributed by atoms with Crippen molar-refractivity contribution in [1.82, 2.24) is 20.6 Å². The number of hydrogen-bond donors (Lipinski definition) is 4. The molecule has 1 aliphatic heterocycles. The zero-order valence-corrected chi connectivity index (χ0v) is 19.5. The Morgan fingerprint density at radius 1 is 0.529 bits per heavy atom. The Balaban J connectivity index is 1.35. The fourth-order valence-electron chi connectivity index (χ4n) is 5.23. The third-order valence-corrected chi connectivity index (χ3v) is 6.93. The summed E-state index contributed by atoms with van der Waals surface area (Å²) in [6.45, 7) is 0.876. The topological polar surface area (TPSA) is 89.8 Å². The molecule has 0 saturated heterocycles. The summed E-state index contributed by atoms with van der Waals surface area (Å²) in [4.78, 5) is 32.0. The molecule has 0 fully saturated rings. The minimum atomic E-state index is -0.568. The van der Waals surface area contributed by atoms with E-state index in [1.165, 1.54) is 46.1 Å². The maximum Gasteiger partial charge on any atom is 0.309 e. The number of amides is 2. The molecule has 6 nitrogen and oxygen atoms in total. The van der Waals surface area contributed by atoms with E-state index in [0.717, 1.165) is 36.7 Å². The van der Waals surface area contributed by atoms with E-state index >= 15 is 0 Å². The molecular weight excluding hydrogens is 424 g/mol. The van der Waals surface area contributed by atoms with Crippen LogP contribution >= 0.6 is 0 Å². The third-order valence-electron chi connectivity index (χ3n) is 6.93. The van der Waals surface area contributed by atoms with Crippen LogP contribution in [0, 0.1) is 0 Å². The quantitative estimate of drug-likeness (QED) is 0.297. The smallest absolute Gasteiger partial charge is 0.309 e. The summed E-state index contributed by atoms with van der Waals surface area (Å²) in [5.41, 5.74) is 7.26. The molecule has 4 N–H and O–H groups in total. The monoisotopic (exact) mass is 456 g/mol. The molecule has 0 radical (unpaired) electrons. The first-order chi connectivity index (χ1) is 16.7. The molecular formula is C28H32N4O2. The molecule has 3 heterocycles. The van der Waals surface area contributed by atoms with Gasteiger partial charge < -0.3 is 20.6 Å². The van der Waals surface area contributed by atoms with E-state index in [9.17, 15) is 9.59 Å². The Labute approximate surface area is 199 Å². The van der Waals surface area contributed by atoms with Gasteiger partial charge in [-0.2, -0.15) is 0 Å². The van der Waals surface area contributed by atoms with E-state index in [1.54, 1.807) is 0 Å². The Kier molecular flexibility index (Phi) is 6.65. The highest BCUT2D eigenvalue weighted by molar-refractivity contribution is 6.35. The number of hydrogen-bond acceptors (Lipinski definition) is 2. The predicted octanol–water partition coefficient (Wildman–Crippen LogP) is 4.33. The number of nitrogens with one attached hydrogen (secondary N) is 4. The van der Waals surface area contributed by atoms with E-state index < -0.39 is 11.8 Å². The van der Waals surface area contributed by atoms with Crippen molar-refractivity contribution < 1.29 is 9.59 Å². The molecule has 0 unspecified atom stereocenters. The number of carbonyl (C=O) groups excluding carboxylic acids is 2. The summed E-state index contributed by atoms with van der Waals surface area (Å²) < 4.78 is 0. The number of aromatic amines is 2. The van der Waals surface area contributed by atoms with Gasteiger partial charge in [0.05, 0.1) is 0 Å². The molecule has 2 aromatic carbocycles. The van der Waals surface area contributed by atoms with Crippen LogP contribution in [0.1, 0.15) is 48.2 Å². The van der Waals surface area contributed by atoms with Gasteiger partial charge in [0.25, 0.3) is 0 Å². The Bertz CT molecular complexity index is 1210. The lowest BCUT2D eigenvalue weighted by atomic mass is 10.0. The molecule has 0 atom stereocenters. The Hall–Kier alpha value is -3.54. The Morgan fingerprint density at radius 2 is 0.971 bits per heavy atom. The van der Waals surface area contributed by atoms with Crippen molar-refractivity contribution in [1.29, 1.82) is 0 Å². The highest BCUT2D eigenvalue weighted by atomic mass is 16.2. The molecule has 34 heavy (non-hydrogen) atoms. The number of aromatic nitrogens is 2. The third kappa shape index (κ3) is 4.72. The second kappa shape index (κ2) is 10.2. The largest absolute Gasteiger partial charge is 0.358 e. The number of fused-ring (bicyclic) bond motifs is 6. The van der Waals surface area contributed by atoms with Gasteiger partial charge in [0.1, 0.15) is 0 Å². The van der Waals surface area contributed by atoms with E-state index in [1.807, 2.05) is 24.3 Å². The van der Waals surface area contributed by atoms with Gasteiger partial charge in [0.15, 0.2) is 0 Å². The summed E-state index contributed by atoms with van der Waals surface area (Å²) >= 11 is 0. The van der Waals surface area contributed by atoms with Gasteiger partial charge >= 0.3 is 11.8 Å². The maximum absolute atomic E-state index is 12.4. The highest BCUT2D eigenvalue weighted by Gasteiger charge is 2.17. The molecule has 0 bridgehead atoms. The fraction of sp³-hybridized carbons (Fsp3) is 0.357. The van der Waals surface area contributed by atoms with E-state index in [4.69, 9.17) is 0 Å². The second-order valence-electron chi connectivity index (χ2n) is 9.18. The zero-order chi connectivity index (χ0) is 23.3. The summed E-state index contributed by atoms with van der Waals surface area (Å²) in [6, 6.07) is 16.6. The summed E-state index contributed by atoms with van der Waals surface area (Å²) in [7, 11) is 0. The normalized spacial score (nSPS) is 16.8. The fourth-order valence-corrected chi connectivity index (χ4v) is 5.23. The van der Waals surface area contributed by atoms with Crippen LogP contribution in [-0.4, -0.2) is 34.9 Å². The molecule has 176 valence electrons. The van der Waals surface area contributed by atoms with Crippen molar-refractivity contribution >= 4 is 33.6 Å². The molecule has 0 spiro atoms. The first kappa shape index (κ1) is 22.3. The van der Waals surface area contributed by atoms with Crippen molar-refractivity contribution in [3.8, 4) is 0 Å². The van der Waals surface area contributed by atoms with Gasteiger partial charge in [-0.25, -0.2) is 0 Å². The molecule has 0 aliphatic carbocycles.